The van der Waals surface area contributed by atoms with Crippen LogP contribution >= 0.6 is 0 Å². The van der Waals surface area contributed by atoms with E-state index in [9.17, 15) is 0 Å². The summed E-state index contributed by atoms with van der Waals surface area (Å²) in [7, 11) is 0. The van der Waals surface area contributed by atoms with Crippen LogP contribution in [0.4, 0.5) is 0 Å². The van der Waals surface area contributed by atoms with E-state index >= 15 is 0 Å². The first-order valence-electron chi connectivity index (χ1n) is 7.02. The van der Waals surface area contributed by atoms with Crippen molar-refractivity contribution in [2.75, 3.05) is 0 Å². The van der Waals surface area contributed by atoms with Gasteiger partial charge in [-0.3, -0.25) is 0 Å². The van der Waals surface area contributed by atoms with Gasteiger partial charge in [0.1, 0.15) is 0 Å². The smallest absolute Gasteiger partial charge is 0.0395 e. The molecule has 1 unspecified atom stereocenters. The number of rotatable bonds is 3. The van der Waals surface area contributed by atoms with Crippen molar-refractivity contribution >= 4 is 0 Å². The molecule has 2 aromatic rings. The summed E-state index contributed by atoms with van der Waals surface area (Å²) >= 11 is 0. The Hall–Kier alpha value is -1.60. The van der Waals surface area contributed by atoms with E-state index in [1.54, 1.807) is 0 Å². The molecule has 0 aliphatic heterocycles. The molecule has 1 aliphatic rings. The topological polar surface area (TPSA) is 26.0 Å². The summed E-state index contributed by atoms with van der Waals surface area (Å²) in [5.74, 6) is 0. The lowest BCUT2D eigenvalue weighted by Gasteiger charge is -2.26. The molecule has 0 spiro atoms. The normalized spacial score (nSPS) is 18.1. The highest BCUT2D eigenvalue weighted by atomic mass is 14.7. The van der Waals surface area contributed by atoms with Gasteiger partial charge >= 0.3 is 0 Å². The number of benzene rings is 2. The molecule has 1 fully saturated rings. The molecule has 1 saturated carbocycles. The van der Waals surface area contributed by atoms with Crippen LogP contribution in [0, 0.1) is 13.8 Å². The van der Waals surface area contributed by atoms with E-state index in [1.807, 2.05) is 0 Å². The molecular formula is C18H21N. The molecule has 0 radical (unpaired) electrons. The van der Waals surface area contributed by atoms with Crippen molar-refractivity contribution in [3.05, 3.63) is 70.8 Å². The highest BCUT2D eigenvalue weighted by Gasteiger charge is 2.49. The van der Waals surface area contributed by atoms with Gasteiger partial charge in [-0.1, -0.05) is 54.1 Å². The van der Waals surface area contributed by atoms with Gasteiger partial charge in [0.15, 0.2) is 0 Å². The third kappa shape index (κ3) is 2.08. The van der Waals surface area contributed by atoms with Gasteiger partial charge < -0.3 is 5.73 Å². The van der Waals surface area contributed by atoms with Crippen LogP contribution in [0.3, 0.4) is 0 Å². The van der Waals surface area contributed by atoms with E-state index in [0.717, 1.165) is 0 Å². The van der Waals surface area contributed by atoms with E-state index < -0.39 is 0 Å². The van der Waals surface area contributed by atoms with Crippen molar-refractivity contribution in [2.24, 2.45) is 5.73 Å². The van der Waals surface area contributed by atoms with Gasteiger partial charge in [0.05, 0.1) is 0 Å². The van der Waals surface area contributed by atoms with Crippen LogP contribution < -0.4 is 5.73 Å². The van der Waals surface area contributed by atoms with Crippen LogP contribution in [-0.4, -0.2) is 0 Å². The fraction of sp³-hybridized carbons (Fsp3) is 0.333. The Labute approximate surface area is 115 Å². The molecule has 0 heterocycles. The fourth-order valence-corrected chi connectivity index (χ4v) is 3.08. The molecule has 1 atom stereocenters. The van der Waals surface area contributed by atoms with Crippen molar-refractivity contribution < 1.29 is 0 Å². The fourth-order valence-electron chi connectivity index (χ4n) is 3.08. The average molecular weight is 251 g/mol. The molecule has 2 aromatic carbocycles. The van der Waals surface area contributed by atoms with Crippen LogP contribution in [0.1, 0.15) is 41.1 Å². The van der Waals surface area contributed by atoms with E-state index in [1.165, 1.54) is 35.1 Å². The number of aryl methyl sites for hydroxylation is 2. The van der Waals surface area contributed by atoms with Crippen LogP contribution in [-0.2, 0) is 5.41 Å². The van der Waals surface area contributed by atoms with E-state index in [2.05, 4.69) is 62.4 Å². The van der Waals surface area contributed by atoms with Gasteiger partial charge in [-0.05, 0) is 43.4 Å². The minimum absolute atomic E-state index is 0.106. The van der Waals surface area contributed by atoms with Gasteiger partial charge in [-0.2, -0.15) is 0 Å². The number of hydrogen-bond donors (Lipinski definition) is 1. The van der Waals surface area contributed by atoms with E-state index in [-0.39, 0.29) is 11.5 Å². The van der Waals surface area contributed by atoms with E-state index in [4.69, 9.17) is 5.73 Å². The maximum Gasteiger partial charge on any atom is 0.0395 e. The second kappa shape index (κ2) is 4.50. The van der Waals surface area contributed by atoms with E-state index in [0.29, 0.717) is 0 Å². The van der Waals surface area contributed by atoms with Gasteiger partial charge in [0.2, 0.25) is 0 Å². The second-order valence-corrected chi connectivity index (χ2v) is 5.86. The van der Waals surface area contributed by atoms with Gasteiger partial charge in [0.25, 0.3) is 0 Å². The minimum Gasteiger partial charge on any atom is -0.323 e. The summed E-state index contributed by atoms with van der Waals surface area (Å²) < 4.78 is 0. The SMILES string of the molecule is Cc1ccc(C)c(C(N)C2(c3ccccc3)CC2)c1. The Kier molecular flexibility index (Phi) is 2.94. The number of nitrogens with two attached hydrogens (primary N) is 1. The zero-order chi connectivity index (χ0) is 13.5. The summed E-state index contributed by atoms with van der Waals surface area (Å²) in [6.07, 6.45) is 2.40. The minimum atomic E-state index is 0.106. The summed E-state index contributed by atoms with van der Waals surface area (Å²) in [6.45, 7) is 4.30. The lowest BCUT2D eigenvalue weighted by Crippen LogP contribution is -2.27. The molecule has 1 aliphatic carbocycles. The Morgan fingerprint density at radius 3 is 2.32 bits per heavy atom. The maximum atomic E-state index is 6.64. The van der Waals surface area contributed by atoms with Crippen LogP contribution in [0.15, 0.2) is 48.5 Å². The molecule has 98 valence electrons. The maximum absolute atomic E-state index is 6.64. The zero-order valence-corrected chi connectivity index (χ0v) is 11.7. The number of hydrogen-bond acceptors (Lipinski definition) is 1. The van der Waals surface area contributed by atoms with Gasteiger partial charge in [-0.15, -0.1) is 0 Å². The molecule has 0 amide bonds. The summed E-state index contributed by atoms with van der Waals surface area (Å²) in [5.41, 5.74) is 12.1. The predicted octanol–water partition coefficient (Wildman–Crippen LogP) is 4.04. The molecule has 2 N–H and O–H groups in total. The van der Waals surface area contributed by atoms with Crippen LogP contribution in [0.2, 0.25) is 0 Å². The Morgan fingerprint density at radius 2 is 1.68 bits per heavy atom. The molecule has 1 heteroatoms. The standard InChI is InChI=1S/C18H21N/c1-13-8-9-14(2)16(12-13)17(19)18(10-11-18)15-6-4-3-5-7-15/h3-9,12,17H,10-11,19H2,1-2H3. The Morgan fingerprint density at radius 1 is 1.00 bits per heavy atom. The van der Waals surface area contributed by atoms with Crippen molar-refractivity contribution in [3.8, 4) is 0 Å². The lowest BCUT2D eigenvalue weighted by atomic mass is 9.82. The van der Waals surface area contributed by atoms with Crippen LogP contribution in [0.25, 0.3) is 0 Å². The molecule has 0 bridgehead atoms. The molecular weight excluding hydrogens is 230 g/mol. The quantitative estimate of drug-likeness (QED) is 0.875. The highest BCUT2D eigenvalue weighted by molar-refractivity contribution is 5.42. The van der Waals surface area contributed by atoms with Crippen molar-refractivity contribution in [2.45, 2.75) is 38.1 Å². The van der Waals surface area contributed by atoms with Crippen LogP contribution in [0.5, 0.6) is 0 Å². The molecule has 0 saturated heterocycles. The first-order valence-corrected chi connectivity index (χ1v) is 7.02. The largest absolute Gasteiger partial charge is 0.323 e. The summed E-state index contributed by atoms with van der Waals surface area (Å²) in [6, 6.07) is 17.5. The zero-order valence-electron chi connectivity index (χ0n) is 11.7. The molecule has 1 nitrogen and oxygen atoms in total. The molecule has 0 aromatic heterocycles. The van der Waals surface area contributed by atoms with Gasteiger partial charge in [-0.25, -0.2) is 0 Å². The average Bonchev–Trinajstić information content (AvgIpc) is 3.23. The monoisotopic (exact) mass is 251 g/mol. The first-order chi connectivity index (χ1) is 9.13. The molecule has 19 heavy (non-hydrogen) atoms. The van der Waals surface area contributed by atoms with Crippen molar-refractivity contribution in [1.82, 2.24) is 0 Å². The molecule has 3 rings (SSSR count). The third-order valence-electron chi connectivity index (χ3n) is 4.50. The lowest BCUT2D eigenvalue weighted by molar-refractivity contribution is 0.539. The Balaban J connectivity index is 2.00. The van der Waals surface area contributed by atoms with Crippen molar-refractivity contribution in [1.29, 1.82) is 0 Å². The van der Waals surface area contributed by atoms with Crippen molar-refractivity contribution in [3.63, 3.8) is 0 Å². The summed E-state index contributed by atoms with van der Waals surface area (Å²) in [4.78, 5) is 0. The third-order valence-corrected chi connectivity index (χ3v) is 4.50. The highest BCUT2D eigenvalue weighted by Crippen LogP contribution is 2.55. The van der Waals surface area contributed by atoms with Gasteiger partial charge in [0, 0.05) is 11.5 Å². The predicted molar refractivity (Wildman–Crippen MR) is 80.2 cm³/mol. The summed E-state index contributed by atoms with van der Waals surface area (Å²) in [5, 5.41) is 0. The first kappa shape index (κ1) is 12.4. The Bertz CT molecular complexity index is 582. The second-order valence-electron chi connectivity index (χ2n) is 5.86.